The maximum absolute atomic E-state index is 12.0. The van der Waals surface area contributed by atoms with Crippen LogP contribution < -0.4 is 5.06 Å². The summed E-state index contributed by atoms with van der Waals surface area (Å²) in [4.78, 5) is 12.0. The van der Waals surface area contributed by atoms with Gasteiger partial charge in [-0.3, -0.25) is 5.06 Å². The molecular formula is C15H13NO3. The number of quaternary nitrogens is 1. The second kappa shape index (κ2) is 4.84. The summed E-state index contributed by atoms with van der Waals surface area (Å²) in [5.41, 5.74) is 1.47. The van der Waals surface area contributed by atoms with Crippen LogP contribution in [0.1, 0.15) is 11.3 Å². The molecule has 1 aliphatic heterocycles. The summed E-state index contributed by atoms with van der Waals surface area (Å²) in [6.07, 6.45) is 5.62. The summed E-state index contributed by atoms with van der Waals surface area (Å²) >= 11 is 0. The SMILES string of the molecule is O=C1C(C=Cc2ccco2)Cc2ccccc2[NH+]1[O-]. The predicted octanol–water partition coefficient (Wildman–Crippen LogP) is 1.71. The van der Waals surface area contributed by atoms with Crippen LogP contribution >= 0.6 is 0 Å². The first kappa shape index (κ1) is 11.9. The van der Waals surface area contributed by atoms with Crippen LogP contribution in [-0.4, -0.2) is 5.91 Å². The molecule has 1 aromatic carbocycles. The number of hydroxylamine groups is 1. The van der Waals surface area contributed by atoms with E-state index in [1.807, 2.05) is 12.1 Å². The molecular weight excluding hydrogens is 242 g/mol. The fourth-order valence-electron chi connectivity index (χ4n) is 2.30. The molecule has 2 unspecified atom stereocenters. The molecule has 0 radical (unpaired) electrons. The molecule has 4 nitrogen and oxygen atoms in total. The standard InChI is InChI=1S/C15H13NO3/c17-15-12(7-8-13-5-3-9-19-13)10-11-4-1-2-6-14(11)16(15)18/h1-9,12,16H,10H2. The van der Waals surface area contributed by atoms with E-state index in [1.54, 1.807) is 42.7 Å². The molecule has 0 saturated carbocycles. The fraction of sp³-hybridized carbons (Fsp3) is 0.133. The van der Waals surface area contributed by atoms with Gasteiger partial charge in [-0.1, -0.05) is 24.3 Å². The second-order valence-electron chi connectivity index (χ2n) is 4.54. The van der Waals surface area contributed by atoms with Gasteiger partial charge in [0.05, 0.1) is 12.2 Å². The number of hydrogen-bond acceptors (Lipinski definition) is 3. The third-order valence-electron chi connectivity index (χ3n) is 3.30. The van der Waals surface area contributed by atoms with Crippen LogP contribution in [-0.2, 0) is 11.2 Å². The van der Waals surface area contributed by atoms with Crippen LogP contribution in [0.4, 0.5) is 5.69 Å². The lowest BCUT2D eigenvalue weighted by atomic mass is 9.92. The van der Waals surface area contributed by atoms with Gasteiger partial charge in [-0.05, 0) is 24.6 Å². The Balaban J connectivity index is 1.87. The molecule has 4 heteroatoms. The van der Waals surface area contributed by atoms with Crippen molar-refractivity contribution in [2.45, 2.75) is 6.42 Å². The largest absolute Gasteiger partial charge is 0.621 e. The monoisotopic (exact) mass is 255 g/mol. The van der Waals surface area contributed by atoms with Crippen molar-refractivity contribution in [2.75, 3.05) is 0 Å². The number of fused-ring (bicyclic) bond motifs is 1. The average molecular weight is 255 g/mol. The first-order chi connectivity index (χ1) is 9.25. The Morgan fingerprint density at radius 3 is 2.89 bits per heavy atom. The number of rotatable bonds is 2. The van der Waals surface area contributed by atoms with Crippen molar-refractivity contribution in [3.05, 3.63) is 65.3 Å². The van der Waals surface area contributed by atoms with Crippen molar-refractivity contribution in [1.29, 1.82) is 0 Å². The lowest BCUT2D eigenvalue weighted by molar-refractivity contribution is -0.693. The minimum Gasteiger partial charge on any atom is -0.621 e. The van der Waals surface area contributed by atoms with Crippen molar-refractivity contribution < 1.29 is 14.3 Å². The molecule has 0 spiro atoms. The molecule has 2 aromatic rings. The summed E-state index contributed by atoms with van der Waals surface area (Å²) < 4.78 is 5.17. The van der Waals surface area contributed by atoms with Crippen molar-refractivity contribution in [1.82, 2.24) is 0 Å². The van der Waals surface area contributed by atoms with Crippen molar-refractivity contribution >= 4 is 17.7 Å². The second-order valence-corrected chi connectivity index (χ2v) is 4.54. The molecule has 1 aromatic heterocycles. The molecule has 0 bridgehead atoms. The number of hydrogen-bond donors (Lipinski definition) is 1. The van der Waals surface area contributed by atoms with E-state index in [1.165, 1.54) is 0 Å². The molecule has 2 atom stereocenters. The number of furan rings is 1. The molecule has 1 aliphatic rings. The zero-order valence-corrected chi connectivity index (χ0v) is 10.2. The van der Waals surface area contributed by atoms with Gasteiger partial charge >= 0.3 is 5.91 Å². The highest BCUT2D eigenvalue weighted by Gasteiger charge is 2.31. The van der Waals surface area contributed by atoms with Gasteiger partial charge in [0.1, 0.15) is 11.4 Å². The molecule has 1 amide bonds. The first-order valence-corrected chi connectivity index (χ1v) is 6.14. The van der Waals surface area contributed by atoms with Gasteiger partial charge in [0.15, 0.2) is 0 Å². The Morgan fingerprint density at radius 2 is 2.11 bits per heavy atom. The summed E-state index contributed by atoms with van der Waals surface area (Å²) in [5, 5.41) is 11.6. The topological polar surface area (TPSA) is 57.7 Å². The Kier molecular flexibility index (Phi) is 3.03. The van der Waals surface area contributed by atoms with Crippen LogP contribution in [0, 0.1) is 11.1 Å². The van der Waals surface area contributed by atoms with Crippen LogP contribution in [0.3, 0.4) is 0 Å². The Hall–Kier alpha value is -2.17. The molecule has 2 heterocycles. The highest BCUT2D eigenvalue weighted by atomic mass is 16.5. The summed E-state index contributed by atoms with van der Waals surface area (Å²) in [6.45, 7) is 0. The lowest BCUT2D eigenvalue weighted by Gasteiger charge is -2.29. The van der Waals surface area contributed by atoms with Crippen molar-refractivity contribution in [2.24, 2.45) is 5.92 Å². The number of benzene rings is 1. The van der Waals surface area contributed by atoms with E-state index >= 15 is 0 Å². The molecule has 1 N–H and O–H groups in total. The predicted molar refractivity (Wildman–Crippen MR) is 70.4 cm³/mol. The van der Waals surface area contributed by atoms with Crippen LogP contribution in [0.25, 0.3) is 6.08 Å². The van der Waals surface area contributed by atoms with E-state index in [4.69, 9.17) is 4.42 Å². The maximum atomic E-state index is 12.0. The summed E-state index contributed by atoms with van der Waals surface area (Å²) in [7, 11) is 0. The number of nitrogens with one attached hydrogen (secondary N) is 1. The van der Waals surface area contributed by atoms with Gasteiger partial charge in [0.2, 0.25) is 0 Å². The summed E-state index contributed by atoms with van der Waals surface area (Å²) in [6, 6.07) is 10.9. The first-order valence-electron chi connectivity index (χ1n) is 6.14. The maximum Gasteiger partial charge on any atom is 0.324 e. The molecule has 0 fully saturated rings. The zero-order valence-electron chi connectivity index (χ0n) is 10.2. The van der Waals surface area contributed by atoms with Gasteiger partial charge in [-0.15, -0.1) is 0 Å². The number of para-hydroxylation sites is 1. The van der Waals surface area contributed by atoms with Gasteiger partial charge in [0.25, 0.3) is 0 Å². The highest BCUT2D eigenvalue weighted by molar-refractivity contribution is 5.78. The molecule has 0 aliphatic carbocycles. The Bertz CT molecular complexity index is 616. The molecule has 3 rings (SSSR count). The zero-order chi connectivity index (χ0) is 13.2. The van der Waals surface area contributed by atoms with Crippen LogP contribution in [0.15, 0.2) is 53.2 Å². The Labute approximate surface area is 110 Å². The van der Waals surface area contributed by atoms with Crippen LogP contribution in [0.5, 0.6) is 0 Å². The van der Waals surface area contributed by atoms with E-state index in [0.29, 0.717) is 17.9 Å². The lowest BCUT2D eigenvalue weighted by Crippen LogP contribution is -3.07. The number of amides is 1. The van der Waals surface area contributed by atoms with Gasteiger partial charge < -0.3 is 9.62 Å². The van der Waals surface area contributed by atoms with Crippen molar-refractivity contribution in [3.8, 4) is 0 Å². The van der Waals surface area contributed by atoms with Gasteiger partial charge in [-0.2, -0.15) is 0 Å². The quantitative estimate of drug-likeness (QED) is 0.831. The fourth-order valence-corrected chi connectivity index (χ4v) is 2.30. The van der Waals surface area contributed by atoms with E-state index in [2.05, 4.69) is 0 Å². The normalized spacial score (nSPS) is 22.7. The highest BCUT2D eigenvalue weighted by Crippen LogP contribution is 2.21. The minimum atomic E-state index is -0.396. The van der Waals surface area contributed by atoms with Crippen LogP contribution in [0.2, 0.25) is 0 Å². The molecule has 19 heavy (non-hydrogen) atoms. The third kappa shape index (κ3) is 2.23. The van der Waals surface area contributed by atoms with E-state index < -0.39 is 11.0 Å². The van der Waals surface area contributed by atoms with Gasteiger partial charge in [0, 0.05) is 11.6 Å². The molecule has 96 valence electrons. The van der Waals surface area contributed by atoms with E-state index in [-0.39, 0.29) is 5.91 Å². The smallest absolute Gasteiger partial charge is 0.324 e. The number of carbonyl (C=O) groups is 1. The van der Waals surface area contributed by atoms with Crippen molar-refractivity contribution in [3.63, 3.8) is 0 Å². The van der Waals surface area contributed by atoms with Gasteiger partial charge in [-0.25, -0.2) is 4.79 Å². The van der Waals surface area contributed by atoms with E-state index in [0.717, 1.165) is 5.56 Å². The number of carbonyl (C=O) groups excluding carboxylic acids is 1. The average Bonchev–Trinajstić information content (AvgIpc) is 2.94. The summed E-state index contributed by atoms with van der Waals surface area (Å²) in [5.74, 6) is -0.0619. The van der Waals surface area contributed by atoms with E-state index in [9.17, 15) is 10.0 Å². The molecule has 0 saturated heterocycles. The minimum absolute atomic E-state index is 0.346. The Morgan fingerprint density at radius 1 is 1.26 bits per heavy atom. The third-order valence-corrected chi connectivity index (χ3v) is 3.30.